The Balaban J connectivity index is 1.69. The monoisotopic (exact) mass is 359 g/mol. The number of methoxy groups -OCH3 is 1. The second-order valence-electron chi connectivity index (χ2n) is 6.13. The zero-order chi connectivity index (χ0) is 18.3. The Labute approximate surface area is 147 Å². The van der Waals surface area contributed by atoms with E-state index in [1.165, 1.54) is 30.1 Å². The Hall–Kier alpha value is -3.10. The van der Waals surface area contributed by atoms with E-state index >= 15 is 0 Å². The van der Waals surface area contributed by atoms with E-state index in [9.17, 15) is 13.6 Å². The topological polar surface area (TPSA) is 72.6 Å². The summed E-state index contributed by atoms with van der Waals surface area (Å²) in [4.78, 5) is 14.1. The van der Waals surface area contributed by atoms with Gasteiger partial charge in [0.2, 0.25) is 0 Å². The normalized spacial score (nSPS) is 19.9. The molecule has 0 unspecified atom stereocenters. The molecule has 3 aromatic rings. The number of halogens is 2. The maximum Gasteiger partial charge on any atom is 0.311 e. The molecule has 2 atom stereocenters. The predicted octanol–water partition coefficient (Wildman–Crippen LogP) is 1.80. The number of rotatable bonds is 3. The van der Waals surface area contributed by atoms with Crippen molar-refractivity contribution < 1.29 is 18.3 Å². The second-order valence-corrected chi connectivity index (χ2v) is 6.13. The number of aromatic nitrogens is 4. The molecule has 9 heteroatoms. The quantitative estimate of drug-likeness (QED) is 0.664. The summed E-state index contributed by atoms with van der Waals surface area (Å²) in [7, 11) is 1.30. The highest BCUT2D eigenvalue weighted by Gasteiger charge is 2.41. The lowest BCUT2D eigenvalue weighted by Gasteiger charge is -2.17. The number of hydrogen-bond donors (Lipinski definition) is 0. The molecule has 26 heavy (non-hydrogen) atoms. The van der Waals surface area contributed by atoms with Crippen LogP contribution in [0.4, 0.5) is 14.6 Å². The summed E-state index contributed by atoms with van der Waals surface area (Å²) in [5.74, 6) is -2.22. The summed E-state index contributed by atoms with van der Waals surface area (Å²) < 4.78 is 33.9. The lowest BCUT2D eigenvalue weighted by Crippen LogP contribution is -2.25. The van der Waals surface area contributed by atoms with Gasteiger partial charge in [-0.15, -0.1) is 15.3 Å². The summed E-state index contributed by atoms with van der Waals surface area (Å²) >= 11 is 0. The molecule has 0 bridgehead atoms. The number of ether oxygens (including phenoxy) is 1. The summed E-state index contributed by atoms with van der Waals surface area (Å²) in [6, 6.07) is 6.92. The number of benzene rings is 1. The zero-order valence-electron chi connectivity index (χ0n) is 13.8. The molecule has 134 valence electrons. The molecule has 1 fully saturated rings. The van der Waals surface area contributed by atoms with Crippen LogP contribution < -0.4 is 4.90 Å². The second kappa shape index (κ2) is 6.32. The molecule has 0 spiro atoms. The molecule has 0 amide bonds. The number of anilines is 1. The van der Waals surface area contributed by atoms with E-state index in [1.54, 1.807) is 12.1 Å². The van der Waals surface area contributed by atoms with Gasteiger partial charge < -0.3 is 9.64 Å². The van der Waals surface area contributed by atoms with E-state index in [0.29, 0.717) is 24.6 Å². The average Bonchev–Trinajstić information content (AvgIpc) is 3.27. The number of esters is 1. The maximum atomic E-state index is 14.3. The molecule has 0 N–H and O–H groups in total. The van der Waals surface area contributed by atoms with E-state index in [1.807, 2.05) is 4.90 Å². The molecule has 4 rings (SSSR count). The standard InChI is InChI=1S/C17H15F2N5O2/c1-26-17(25)13-8-23(16-5-4-15-21-20-9-24(15)22-16)7-12(13)11-3-2-10(18)6-14(11)19/h2-6,9,12-13H,7-8H2,1H3/t12-,13+/m0/s1. The molecule has 1 saturated heterocycles. The molecule has 0 radical (unpaired) electrons. The van der Waals surface area contributed by atoms with E-state index in [2.05, 4.69) is 15.3 Å². The fourth-order valence-electron chi connectivity index (χ4n) is 3.39. The third kappa shape index (κ3) is 2.75. The van der Waals surface area contributed by atoms with Gasteiger partial charge in [-0.25, -0.2) is 8.78 Å². The summed E-state index contributed by atoms with van der Waals surface area (Å²) in [5, 5.41) is 12.1. The van der Waals surface area contributed by atoms with Crippen LogP contribution in [0, 0.1) is 17.6 Å². The van der Waals surface area contributed by atoms with Crippen molar-refractivity contribution in [2.75, 3.05) is 25.1 Å². The van der Waals surface area contributed by atoms with Crippen molar-refractivity contribution >= 4 is 17.4 Å². The van der Waals surface area contributed by atoms with Crippen molar-refractivity contribution in [3.8, 4) is 0 Å². The van der Waals surface area contributed by atoms with Gasteiger partial charge >= 0.3 is 5.97 Å². The fraction of sp³-hybridized carbons (Fsp3) is 0.294. The Bertz CT molecular complexity index is 977. The Morgan fingerprint density at radius 1 is 1.23 bits per heavy atom. The zero-order valence-corrected chi connectivity index (χ0v) is 13.8. The van der Waals surface area contributed by atoms with Gasteiger partial charge in [-0.3, -0.25) is 4.79 Å². The number of carbonyl (C=O) groups is 1. The Morgan fingerprint density at radius 3 is 2.85 bits per heavy atom. The van der Waals surface area contributed by atoms with E-state index in [4.69, 9.17) is 4.74 Å². The SMILES string of the molecule is COC(=O)[C@@H]1CN(c2ccc3nncn3n2)C[C@H]1c1ccc(F)cc1F. The van der Waals surface area contributed by atoms with Gasteiger partial charge in [0.1, 0.15) is 23.8 Å². The van der Waals surface area contributed by atoms with Crippen LogP contribution in [0.3, 0.4) is 0 Å². The minimum Gasteiger partial charge on any atom is -0.469 e. The van der Waals surface area contributed by atoms with E-state index in [0.717, 1.165) is 6.07 Å². The van der Waals surface area contributed by atoms with Gasteiger partial charge in [-0.1, -0.05) is 6.07 Å². The minimum atomic E-state index is -0.673. The highest BCUT2D eigenvalue weighted by atomic mass is 19.1. The van der Waals surface area contributed by atoms with Gasteiger partial charge in [0.05, 0.1) is 13.0 Å². The summed E-state index contributed by atoms with van der Waals surface area (Å²) in [6.07, 6.45) is 1.48. The molecular weight excluding hydrogens is 344 g/mol. The molecule has 0 aliphatic carbocycles. The largest absolute Gasteiger partial charge is 0.469 e. The first-order valence-corrected chi connectivity index (χ1v) is 8.01. The summed E-state index contributed by atoms with van der Waals surface area (Å²) in [5.41, 5.74) is 0.883. The number of carbonyl (C=O) groups excluding carboxylic acids is 1. The fourth-order valence-corrected chi connectivity index (χ4v) is 3.39. The highest BCUT2D eigenvalue weighted by Crippen LogP contribution is 2.36. The molecule has 1 aliphatic rings. The van der Waals surface area contributed by atoms with Crippen LogP contribution in [0.5, 0.6) is 0 Å². The van der Waals surface area contributed by atoms with Gasteiger partial charge in [0, 0.05) is 25.1 Å². The lowest BCUT2D eigenvalue weighted by molar-refractivity contribution is -0.145. The van der Waals surface area contributed by atoms with Gasteiger partial charge in [-0.05, 0) is 23.8 Å². The lowest BCUT2D eigenvalue weighted by atomic mass is 9.88. The molecule has 1 aliphatic heterocycles. The maximum absolute atomic E-state index is 14.3. The Kier molecular flexibility index (Phi) is 3.98. The van der Waals surface area contributed by atoms with Crippen molar-refractivity contribution in [1.82, 2.24) is 19.8 Å². The smallest absolute Gasteiger partial charge is 0.311 e. The summed E-state index contributed by atoms with van der Waals surface area (Å²) in [6.45, 7) is 0.664. The van der Waals surface area contributed by atoms with Crippen molar-refractivity contribution in [3.05, 3.63) is 53.9 Å². The van der Waals surface area contributed by atoms with Crippen LogP contribution in [0.2, 0.25) is 0 Å². The predicted molar refractivity (Wildman–Crippen MR) is 87.6 cm³/mol. The van der Waals surface area contributed by atoms with Crippen LogP contribution in [0.15, 0.2) is 36.7 Å². The van der Waals surface area contributed by atoms with Crippen LogP contribution in [0.1, 0.15) is 11.5 Å². The van der Waals surface area contributed by atoms with Crippen LogP contribution in [-0.2, 0) is 9.53 Å². The third-order valence-corrected chi connectivity index (χ3v) is 4.66. The third-order valence-electron chi connectivity index (χ3n) is 4.66. The van der Waals surface area contributed by atoms with Crippen molar-refractivity contribution in [2.24, 2.45) is 5.92 Å². The number of hydrogen-bond acceptors (Lipinski definition) is 6. The van der Waals surface area contributed by atoms with Crippen molar-refractivity contribution in [1.29, 1.82) is 0 Å². The Morgan fingerprint density at radius 2 is 2.08 bits per heavy atom. The van der Waals surface area contributed by atoms with E-state index in [-0.39, 0.29) is 5.56 Å². The van der Waals surface area contributed by atoms with Crippen LogP contribution in [0.25, 0.3) is 5.65 Å². The number of fused-ring (bicyclic) bond motifs is 1. The molecule has 3 heterocycles. The molecular formula is C17H15F2N5O2. The van der Waals surface area contributed by atoms with Gasteiger partial charge in [-0.2, -0.15) is 4.52 Å². The average molecular weight is 359 g/mol. The first kappa shape index (κ1) is 16.4. The van der Waals surface area contributed by atoms with E-state index < -0.39 is 29.4 Å². The van der Waals surface area contributed by atoms with Crippen molar-refractivity contribution in [3.63, 3.8) is 0 Å². The van der Waals surface area contributed by atoms with Crippen LogP contribution in [-0.4, -0.2) is 46.0 Å². The minimum absolute atomic E-state index is 0.287. The van der Waals surface area contributed by atoms with Gasteiger partial charge in [0.25, 0.3) is 0 Å². The highest BCUT2D eigenvalue weighted by molar-refractivity contribution is 5.76. The molecule has 7 nitrogen and oxygen atoms in total. The molecule has 0 saturated carbocycles. The van der Waals surface area contributed by atoms with Crippen LogP contribution >= 0.6 is 0 Å². The van der Waals surface area contributed by atoms with Gasteiger partial charge in [0.15, 0.2) is 5.65 Å². The van der Waals surface area contributed by atoms with Crippen molar-refractivity contribution in [2.45, 2.75) is 5.92 Å². The number of nitrogens with zero attached hydrogens (tertiary/aromatic N) is 5. The molecule has 1 aromatic carbocycles. The first-order valence-electron chi connectivity index (χ1n) is 8.01. The molecule has 2 aromatic heterocycles. The first-order chi connectivity index (χ1) is 12.6.